The highest BCUT2D eigenvalue weighted by Crippen LogP contribution is 2.40. The van der Waals surface area contributed by atoms with Crippen LogP contribution in [0.5, 0.6) is 5.75 Å². The average molecular weight is 374 g/mol. The molecule has 0 spiro atoms. The van der Waals surface area contributed by atoms with Crippen molar-refractivity contribution in [3.05, 3.63) is 58.1 Å². The number of likely N-dealkylation sites (N-methyl/N-ethyl adjacent to an activating group) is 1. The molecule has 23 heavy (non-hydrogen) atoms. The number of ether oxygens (including phenoxy) is 1. The molecule has 0 fully saturated rings. The van der Waals surface area contributed by atoms with E-state index in [0.717, 1.165) is 27.0 Å². The third-order valence-corrected chi connectivity index (χ3v) is 4.70. The molecule has 0 N–H and O–H groups in total. The maximum Gasteiger partial charge on any atom is 0.234 e. The van der Waals surface area contributed by atoms with Crippen molar-refractivity contribution in [1.82, 2.24) is 0 Å². The van der Waals surface area contributed by atoms with Gasteiger partial charge in [0.2, 0.25) is 5.91 Å². The Morgan fingerprint density at radius 3 is 2.52 bits per heavy atom. The Labute approximate surface area is 145 Å². The summed E-state index contributed by atoms with van der Waals surface area (Å²) in [7, 11) is 0. The fourth-order valence-electron chi connectivity index (χ4n) is 3.14. The van der Waals surface area contributed by atoms with Gasteiger partial charge in [0, 0.05) is 16.7 Å². The number of nitrogens with zero attached hydrogens (tertiary/aromatic N) is 1. The molecular formula is C19H20BrNO2. The molecule has 2 aromatic rings. The third kappa shape index (κ3) is 3.13. The van der Waals surface area contributed by atoms with Crippen molar-refractivity contribution in [1.29, 1.82) is 0 Å². The van der Waals surface area contributed by atoms with E-state index in [9.17, 15) is 4.79 Å². The van der Waals surface area contributed by atoms with Gasteiger partial charge in [0.25, 0.3) is 0 Å². The monoisotopic (exact) mass is 373 g/mol. The summed E-state index contributed by atoms with van der Waals surface area (Å²) < 4.78 is 6.49. The highest BCUT2D eigenvalue weighted by atomic mass is 79.9. The number of fused-ring (bicyclic) bond motifs is 1. The van der Waals surface area contributed by atoms with Crippen molar-refractivity contribution < 1.29 is 9.53 Å². The quantitative estimate of drug-likeness (QED) is 0.769. The topological polar surface area (TPSA) is 29.5 Å². The maximum absolute atomic E-state index is 12.8. The molecule has 1 atom stereocenters. The van der Waals surface area contributed by atoms with E-state index in [1.54, 1.807) is 0 Å². The van der Waals surface area contributed by atoms with Gasteiger partial charge in [-0.25, -0.2) is 0 Å². The smallest absolute Gasteiger partial charge is 0.234 e. The first-order valence-corrected chi connectivity index (χ1v) is 8.76. The van der Waals surface area contributed by atoms with Gasteiger partial charge >= 0.3 is 0 Å². The summed E-state index contributed by atoms with van der Waals surface area (Å²) in [6.45, 7) is 5.35. The Morgan fingerprint density at radius 1 is 1.13 bits per heavy atom. The molecule has 0 saturated carbocycles. The Hall–Kier alpha value is -1.81. The minimum atomic E-state index is -0.111. The van der Waals surface area contributed by atoms with E-state index in [2.05, 4.69) is 22.0 Å². The molecule has 0 saturated heterocycles. The first kappa shape index (κ1) is 16.1. The molecule has 1 amide bonds. The summed E-state index contributed by atoms with van der Waals surface area (Å²) in [5.41, 5.74) is 3.30. The van der Waals surface area contributed by atoms with Crippen LogP contribution < -0.4 is 9.64 Å². The summed E-state index contributed by atoms with van der Waals surface area (Å²) in [4.78, 5) is 14.6. The van der Waals surface area contributed by atoms with Gasteiger partial charge in [-0.3, -0.25) is 4.79 Å². The predicted octanol–water partition coefficient (Wildman–Crippen LogP) is 4.54. The van der Waals surface area contributed by atoms with E-state index in [1.165, 1.54) is 0 Å². The van der Waals surface area contributed by atoms with Crippen LogP contribution in [0.25, 0.3) is 0 Å². The second-order valence-electron chi connectivity index (χ2n) is 5.62. The van der Waals surface area contributed by atoms with Crippen LogP contribution in [0, 0.1) is 0 Å². The minimum Gasteiger partial charge on any atom is -0.494 e. The minimum absolute atomic E-state index is 0.111. The van der Waals surface area contributed by atoms with Gasteiger partial charge in [-0.15, -0.1) is 0 Å². The molecule has 1 aliphatic heterocycles. The lowest BCUT2D eigenvalue weighted by Crippen LogP contribution is -2.29. The zero-order valence-electron chi connectivity index (χ0n) is 13.4. The van der Waals surface area contributed by atoms with E-state index < -0.39 is 0 Å². The van der Waals surface area contributed by atoms with E-state index >= 15 is 0 Å². The fourth-order valence-corrected chi connectivity index (χ4v) is 3.52. The first-order chi connectivity index (χ1) is 11.1. The number of anilines is 1. The Balaban J connectivity index is 1.88. The van der Waals surface area contributed by atoms with Crippen LogP contribution in [-0.2, 0) is 11.2 Å². The van der Waals surface area contributed by atoms with Crippen LogP contribution >= 0.6 is 15.9 Å². The van der Waals surface area contributed by atoms with Crippen LogP contribution in [-0.4, -0.2) is 19.1 Å². The number of hydrogen-bond acceptors (Lipinski definition) is 2. The first-order valence-electron chi connectivity index (χ1n) is 7.96. The molecule has 3 nitrogen and oxygen atoms in total. The fraction of sp³-hybridized carbons (Fsp3) is 0.316. The van der Waals surface area contributed by atoms with E-state index in [4.69, 9.17) is 4.74 Å². The molecule has 1 aliphatic rings. The van der Waals surface area contributed by atoms with Crippen molar-refractivity contribution in [2.75, 3.05) is 18.1 Å². The van der Waals surface area contributed by atoms with Gasteiger partial charge in [0.05, 0.1) is 12.5 Å². The van der Waals surface area contributed by atoms with Gasteiger partial charge in [-0.2, -0.15) is 0 Å². The molecule has 0 bridgehead atoms. The predicted molar refractivity (Wildman–Crippen MR) is 96.2 cm³/mol. The molecule has 0 aromatic heterocycles. The third-order valence-electron chi connectivity index (χ3n) is 4.21. The van der Waals surface area contributed by atoms with Crippen LogP contribution in [0.15, 0.2) is 46.9 Å². The summed E-state index contributed by atoms with van der Waals surface area (Å²) in [6, 6.07) is 14.1. The van der Waals surface area contributed by atoms with Gasteiger partial charge in [-0.05, 0) is 61.7 Å². The SMILES string of the molecule is CCOc1ccc(CC2C(=O)N(CC)c3ccc(Br)cc32)cc1. The second kappa shape index (κ2) is 6.75. The number of benzene rings is 2. The number of hydrogen-bond donors (Lipinski definition) is 0. The normalized spacial score (nSPS) is 16.6. The molecule has 120 valence electrons. The zero-order valence-corrected chi connectivity index (χ0v) is 15.0. The van der Waals surface area contributed by atoms with E-state index in [1.807, 2.05) is 55.1 Å². The Kier molecular flexibility index (Phi) is 4.71. The molecule has 1 unspecified atom stereocenters. The zero-order chi connectivity index (χ0) is 16.4. The van der Waals surface area contributed by atoms with Gasteiger partial charge in [-0.1, -0.05) is 28.1 Å². The number of amides is 1. The Morgan fingerprint density at radius 2 is 1.87 bits per heavy atom. The van der Waals surface area contributed by atoms with Crippen LogP contribution in [0.4, 0.5) is 5.69 Å². The number of carbonyl (C=O) groups is 1. The van der Waals surface area contributed by atoms with Crippen molar-refractivity contribution in [2.45, 2.75) is 26.2 Å². The van der Waals surface area contributed by atoms with Crippen molar-refractivity contribution in [3.63, 3.8) is 0 Å². The lowest BCUT2D eigenvalue weighted by Gasteiger charge is -2.15. The van der Waals surface area contributed by atoms with Crippen LogP contribution in [0.1, 0.15) is 30.9 Å². The van der Waals surface area contributed by atoms with Crippen LogP contribution in [0.3, 0.4) is 0 Å². The average Bonchev–Trinajstić information content (AvgIpc) is 2.81. The number of carbonyl (C=O) groups excluding carboxylic acids is 1. The molecule has 4 heteroatoms. The lowest BCUT2D eigenvalue weighted by atomic mass is 9.93. The molecule has 0 aliphatic carbocycles. The Bertz CT molecular complexity index is 712. The molecule has 1 heterocycles. The van der Waals surface area contributed by atoms with E-state index in [-0.39, 0.29) is 11.8 Å². The van der Waals surface area contributed by atoms with Crippen molar-refractivity contribution in [2.24, 2.45) is 0 Å². The van der Waals surface area contributed by atoms with Gasteiger partial charge in [0.1, 0.15) is 5.75 Å². The summed E-state index contributed by atoms with van der Waals surface area (Å²) >= 11 is 3.52. The summed E-state index contributed by atoms with van der Waals surface area (Å²) in [6.07, 6.45) is 0.713. The van der Waals surface area contributed by atoms with Crippen molar-refractivity contribution >= 4 is 27.5 Å². The van der Waals surface area contributed by atoms with Gasteiger partial charge in [0.15, 0.2) is 0 Å². The van der Waals surface area contributed by atoms with E-state index in [0.29, 0.717) is 19.6 Å². The summed E-state index contributed by atoms with van der Waals surface area (Å²) in [5, 5.41) is 0. The number of rotatable bonds is 5. The van der Waals surface area contributed by atoms with Crippen molar-refractivity contribution in [3.8, 4) is 5.75 Å². The highest BCUT2D eigenvalue weighted by molar-refractivity contribution is 9.10. The standard InChI is InChI=1S/C19H20BrNO2/c1-3-21-18-10-7-14(20)12-16(18)17(19(21)22)11-13-5-8-15(9-6-13)23-4-2/h5-10,12,17H,3-4,11H2,1-2H3. The molecular weight excluding hydrogens is 354 g/mol. The molecule has 0 radical (unpaired) electrons. The van der Waals surface area contributed by atoms with Crippen LogP contribution in [0.2, 0.25) is 0 Å². The maximum atomic E-state index is 12.8. The second-order valence-corrected chi connectivity index (χ2v) is 6.53. The highest BCUT2D eigenvalue weighted by Gasteiger charge is 2.36. The largest absolute Gasteiger partial charge is 0.494 e. The number of halogens is 1. The summed E-state index contributed by atoms with van der Waals surface area (Å²) in [5.74, 6) is 0.946. The molecule has 2 aromatic carbocycles. The molecule has 3 rings (SSSR count). The van der Waals surface area contributed by atoms with Gasteiger partial charge < -0.3 is 9.64 Å². The lowest BCUT2D eigenvalue weighted by molar-refractivity contribution is -0.119.